The van der Waals surface area contributed by atoms with Crippen molar-refractivity contribution in [3.63, 3.8) is 0 Å². The van der Waals surface area contributed by atoms with Gasteiger partial charge in [-0.05, 0) is 13.0 Å². The highest BCUT2D eigenvalue weighted by Crippen LogP contribution is 2.15. The van der Waals surface area contributed by atoms with Crippen LogP contribution in [0.5, 0.6) is 0 Å². The van der Waals surface area contributed by atoms with Crippen LogP contribution in [0.15, 0.2) is 0 Å². The highest BCUT2D eigenvalue weighted by molar-refractivity contribution is 5.18. The van der Waals surface area contributed by atoms with E-state index < -0.39 is 0 Å². The lowest BCUT2D eigenvalue weighted by molar-refractivity contribution is 0.627. The number of nitrogens with zero attached hydrogens (tertiary/aromatic N) is 3. The fraction of sp³-hybridized carbons (Fsp3) is 0.667. The van der Waals surface area contributed by atoms with Crippen LogP contribution in [0.2, 0.25) is 0 Å². The third kappa shape index (κ3) is 1.48. The fourth-order valence-electron chi connectivity index (χ4n) is 1.03. The smallest absolute Gasteiger partial charge is 0.240 e. The minimum atomic E-state index is 0.199. The van der Waals surface area contributed by atoms with Crippen molar-refractivity contribution in [2.75, 3.05) is 18.1 Å². The Labute approximate surface area is 70.7 Å². The van der Waals surface area contributed by atoms with E-state index in [1.165, 1.54) is 4.68 Å². The number of hydrogen-bond acceptors (Lipinski definition) is 5. The van der Waals surface area contributed by atoms with Crippen LogP contribution in [-0.2, 0) is 0 Å². The van der Waals surface area contributed by atoms with Crippen LogP contribution < -0.4 is 17.3 Å². The van der Waals surface area contributed by atoms with E-state index >= 15 is 0 Å². The van der Waals surface area contributed by atoms with Crippen LogP contribution in [0.25, 0.3) is 0 Å². The third-order valence-corrected chi connectivity index (χ3v) is 1.79. The summed E-state index contributed by atoms with van der Waals surface area (Å²) in [5.41, 5.74) is 10.8. The molecule has 0 fully saturated rings. The summed E-state index contributed by atoms with van der Waals surface area (Å²) >= 11 is 0. The topological polar surface area (TPSA) is 109 Å². The Bertz CT molecular complexity index is 255. The Morgan fingerprint density at radius 2 is 2.17 bits per heavy atom. The van der Waals surface area contributed by atoms with E-state index in [0.29, 0.717) is 12.4 Å². The van der Waals surface area contributed by atoms with E-state index in [1.54, 1.807) is 0 Å². The van der Waals surface area contributed by atoms with Crippen molar-refractivity contribution in [3.8, 4) is 0 Å². The first kappa shape index (κ1) is 8.79. The molecule has 12 heavy (non-hydrogen) atoms. The van der Waals surface area contributed by atoms with Crippen LogP contribution in [0, 0.1) is 0 Å². The quantitative estimate of drug-likeness (QED) is 0.505. The first-order valence-corrected chi connectivity index (χ1v) is 3.82. The van der Waals surface area contributed by atoms with Gasteiger partial charge in [0.2, 0.25) is 5.95 Å². The monoisotopic (exact) mass is 170 g/mol. The number of aromatic nitrogens is 3. The molecule has 0 saturated carbocycles. The zero-order valence-corrected chi connectivity index (χ0v) is 7.07. The van der Waals surface area contributed by atoms with Crippen LogP contribution >= 0.6 is 0 Å². The molecule has 0 spiro atoms. The van der Waals surface area contributed by atoms with Gasteiger partial charge < -0.3 is 17.3 Å². The van der Waals surface area contributed by atoms with Gasteiger partial charge in [0.15, 0.2) is 5.82 Å². The molecule has 0 aliphatic heterocycles. The second-order valence-electron chi connectivity index (χ2n) is 2.76. The zero-order valence-electron chi connectivity index (χ0n) is 7.07. The molecule has 0 aliphatic carbocycles. The molecule has 68 valence electrons. The number of hydrogen-bond donors (Lipinski definition) is 3. The van der Waals surface area contributed by atoms with Gasteiger partial charge in [0.25, 0.3) is 0 Å². The summed E-state index contributed by atoms with van der Waals surface area (Å²) in [7, 11) is 0. The molecule has 0 aliphatic rings. The van der Waals surface area contributed by atoms with Gasteiger partial charge in [-0.2, -0.15) is 0 Å². The van der Waals surface area contributed by atoms with Crippen molar-refractivity contribution >= 4 is 5.95 Å². The van der Waals surface area contributed by atoms with Gasteiger partial charge in [0.1, 0.15) is 0 Å². The Hall–Kier alpha value is -1.30. The molecule has 6 heteroatoms. The molecule has 1 rings (SSSR count). The van der Waals surface area contributed by atoms with Gasteiger partial charge in [-0.25, -0.2) is 4.68 Å². The summed E-state index contributed by atoms with van der Waals surface area (Å²) in [6.45, 7) is 2.59. The second kappa shape index (κ2) is 3.40. The minimum Gasteiger partial charge on any atom is -0.366 e. The van der Waals surface area contributed by atoms with Crippen molar-refractivity contribution in [1.82, 2.24) is 14.9 Å². The summed E-state index contributed by atoms with van der Waals surface area (Å²) in [6.07, 6.45) is 0.829. The molecule has 0 aromatic carbocycles. The maximum absolute atomic E-state index is 5.56. The third-order valence-electron chi connectivity index (χ3n) is 1.79. The number of rotatable bonds is 3. The summed E-state index contributed by atoms with van der Waals surface area (Å²) in [5, 5.41) is 7.49. The first-order chi connectivity index (χ1) is 5.66. The molecule has 1 aromatic rings. The SMILES string of the molecule is CC(CCN)c1nnc(N)n1N. The van der Waals surface area contributed by atoms with Crippen LogP contribution in [0.3, 0.4) is 0 Å². The zero-order chi connectivity index (χ0) is 9.14. The summed E-state index contributed by atoms with van der Waals surface area (Å²) < 4.78 is 1.29. The summed E-state index contributed by atoms with van der Waals surface area (Å²) in [6, 6.07) is 0. The Balaban J connectivity index is 2.80. The highest BCUT2D eigenvalue weighted by Gasteiger charge is 2.13. The summed E-state index contributed by atoms with van der Waals surface area (Å²) in [5.74, 6) is 6.67. The molecule has 1 atom stereocenters. The predicted octanol–water partition coefficient (Wildman–Crippen LogP) is -0.974. The van der Waals surface area contributed by atoms with E-state index in [1.807, 2.05) is 6.92 Å². The molecule has 6 nitrogen and oxygen atoms in total. The number of nitrogen functional groups attached to an aromatic ring is 2. The average molecular weight is 170 g/mol. The van der Waals surface area contributed by atoms with Gasteiger partial charge >= 0.3 is 0 Å². The van der Waals surface area contributed by atoms with E-state index in [2.05, 4.69) is 10.2 Å². The Kier molecular flexibility index (Phi) is 2.49. The molecule has 6 N–H and O–H groups in total. The van der Waals surface area contributed by atoms with Gasteiger partial charge in [-0.15, -0.1) is 10.2 Å². The van der Waals surface area contributed by atoms with Crippen molar-refractivity contribution in [1.29, 1.82) is 0 Å². The molecule has 0 radical (unpaired) electrons. The van der Waals surface area contributed by atoms with Gasteiger partial charge in [0, 0.05) is 5.92 Å². The molecule has 1 aromatic heterocycles. The standard InChI is InChI=1S/C6H14N6/c1-4(2-3-7)5-10-11-6(8)12(5)9/h4H,2-3,7,9H2,1H3,(H2,8,11). The van der Waals surface area contributed by atoms with Gasteiger partial charge in [-0.3, -0.25) is 0 Å². The fourth-order valence-corrected chi connectivity index (χ4v) is 1.03. The van der Waals surface area contributed by atoms with Crippen molar-refractivity contribution in [2.24, 2.45) is 5.73 Å². The normalized spacial score (nSPS) is 13.2. The van der Waals surface area contributed by atoms with E-state index in [9.17, 15) is 0 Å². The van der Waals surface area contributed by atoms with Gasteiger partial charge in [-0.1, -0.05) is 6.92 Å². The molecular weight excluding hydrogens is 156 g/mol. The first-order valence-electron chi connectivity index (χ1n) is 3.82. The number of nitrogens with two attached hydrogens (primary N) is 3. The highest BCUT2D eigenvalue weighted by atomic mass is 15.4. The van der Waals surface area contributed by atoms with E-state index in [4.69, 9.17) is 17.3 Å². The maximum Gasteiger partial charge on any atom is 0.240 e. The van der Waals surface area contributed by atoms with Crippen molar-refractivity contribution in [2.45, 2.75) is 19.3 Å². The molecule has 0 bridgehead atoms. The molecule has 1 unspecified atom stereocenters. The van der Waals surface area contributed by atoms with Crippen LogP contribution in [0.1, 0.15) is 25.1 Å². The minimum absolute atomic E-state index is 0.199. The van der Waals surface area contributed by atoms with Crippen LogP contribution in [-0.4, -0.2) is 21.4 Å². The Morgan fingerprint density at radius 3 is 2.58 bits per heavy atom. The second-order valence-corrected chi connectivity index (χ2v) is 2.76. The molecular formula is C6H14N6. The number of anilines is 1. The summed E-state index contributed by atoms with van der Waals surface area (Å²) in [4.78, 5) is 0. The predicted molar refractivity (Wildman–Crippen MR) is 46.7 cm³/mol. The van der Waals surface area contributed by atoms with E-state index in [-0.39, 0.29) is 11.9 Å². The average Bonchev–Trinajstić information content (AvgIpc) is 2.34. The van der Waals surface area contributed by atoms with Crippen molar-refractivity contribution in [3.05, 3.63) is 5.82 Å². The van der Waals surface area contributed by atoms with Crippen LogP contribution in [0.4, 0.5) is 5.95 Å². The molecule has 0 amide bonds. The molecule has 0 saturated heterocycles. The lowest BCUT2D eigenvalue weighted by atomic mass is 10.1. The lowest BCUT2D eigenvalue weighted by Gasteiger charge is -2.07. The van der Waals surface area contributed by atoms with Crippen molar-refractivity contribution < 1.29 is 0 Å². The van der Waals surface area contributed by atoms with E-state index in [0.717, 1.165) is 6.42 Å². The Morgan fingerprint density at radius 1 is 1.50 bits per heavy atom. The lowest BCUT2D eigenvalue weighted by Crippen LogP contribution is -2.18. The van der Waals surface area contributed by atoms with Gasteiger partial charge in [0.05, 0.1) is 0 Å². The largest absolute Gasteiger partial charge is 0.366 e. The maximum atomic E-state index is 5.56. The molecule has 1 heterocycles.